The second kappa shape index (κ2) is 7.59. The lowest BCUT2D eigenvalue weighted by Crippen LogP contribution is -2.25. The third kappa shape index (κ3) is 3.89. The number of Topliss-reactive ketones (excluding diaryl/α,β-unsaturated/α-hetero) is 1. The van der Waals surface area contributed by atoms with E-state index in [1.807, 2.05) is 0 Å². The molecule has 154 valence electrons. The number of hydrogen-bond acceptors (Lipinski definition) is 4. The predicted molar refractivity (Wildman–Crippen MR) is 109 cm³/mol. The zero-order valence-electron chi connectivity index (χ0n) is 16.5. The Bertz CT molecular complexity index is 1180. The van der Waals surface area contributed by atoms with Gasteiger partial charge in [0.25, 0.3) is 6.43 Å². The summed E-state index contributed by atoms with van der Waals surface area (Å²) in [4.78, 5) is 12.7. The number of hydrogen-bond donors (Lipinski definition) is 0. The van der Waals surface area contributed by atoms with Crippen LogP contribution in [0.25, 0.3) is 22.3 Å². The first kappa shape index (κ1) is 21.0. The van der Waals surface area contributed by atoms with Gasteiger partial charge in [0, 0.05) is 36.0 Å². The highest BCUT2D eigenvalue weighted by molar-refractivity contribution is 7.92. The van der Waals surface area contributed by atoms with Gasteiger partial charge in [-0.1, -0.05) is 31.2 Å². The quantitative estimate of drug-likeness (QED) is 0.504. The first-order valence-corrected chi connectivity index (χ1v) is 10.8. The number of carbonyl (C=O) groups is 1. The molecule has 3 rings (SSSR count). The van der Waals surface area contributed by atoms with Gasteiger partial charge < -0.3 is 4.42 Å². The number of benzene rings is 2. The van der Waals surface area contributed by atoms with Gasteiger partial charge in [0.2, 0.25) is 10.0 Å². The van der Waals surface area contributed by atoms with Crippen LogP contribution in [0.2, 0.25) is 0 Å². The van der Waals surface area contributed by atoms with Crippen molar-refractivity contribution in [3.63, 3.8) is 0 Å². The van der Waals surface area contributed by atoms with Crippen LogP contribution in [-0.2, 0) is 10.0 Å². The van der Waals surface area contributed by atoms with E-state index < -0.39 is 16.4 Å². The molecule has 0 saturated carbocycles. The molecule has 0 bridgehead atoms. The molecule has 0 radical (unpaired) electrons. The molecule has 0 unspecified atom stereocenters. The highest BCUT2D eigenvalue weighted by atomic mass is 32.2. The molecule has 0 saturated heterocycles. The maximum atomic E-state index is 12.9. The normalized spacial score (nSPS) is 12.0. The molecule has 1 aromatic heterocycles. The van der Waals surface area contributed by atoms with Gasteiger partial charge >= 0.3 is 0 Å². The average Bonchev–Trinajstić information content (AvgIpc) is 3.03. The highest BCUT2D eigenvalue weighted by Gasteiger charge is 2.24. The van der Waals surface area contributed by atoms with Crippen LogP contribution in [0, 0.1) is 6.92 Å². The number of halogens is 2. The number of fused-ring (bicyclic) bond motifs is 1. The molecule has 3 aromatic rings. The summed E-state index contributed by atoms with van der Waals surface area (Å²) in [6, 6.07) is 8.86. The third-order valence-corrected chi connectivity index (χ3v) is 6.06. The van der Waals surface area contributed by atoms with Gasteiger partial charge in [-0.15, -0.1) is 0 Å². The Balaban J connectivity index is 2.26. The van der Waals surface area contributed by atoms with Crippen LogP contribution >= 0.6 is 0 Å². The van der Waals surface area contributed by atoms with Crippen LogP contribution in [-0.4, -0.2) is 27.5 Å². The van der Waals surface area contributed by atoms with E-state index in [4.69, 9.17) is 4.42 Å². The molecule has 0 aliphatic carbocycles. The average molecular weight is 421 g/mol. The second-order valence-electron chi connectivity index (χ2n) is 6.87. The summed E-state index contributed by atoms with van der Waals surface area (Å²) < 4.78 is 56.7. The Morgan fingerprint density at radius 2 is 1.79 bits per heavy atom. The fraction of sp³-hybridized carbons (Fsp3) is 0.286. The molecule has 0 spiro atoms. The number of alkyl halides is 2. The van der Waals surface area contributed by atoms with Crippen LogP contribution in [0.5, 0.6) is 0 Å². The van der Waals surface area contributed by atoms with Gasteiger partial charge in [-0.2, -0.15) is 0 Å². The summed E-state index contributed by atoms with van der Waals surface area (Å²) in [5, 5.41) is 0.563. The molecule has 1 heterocycles. The van der Waals surface area contributed by atoms with E-state index in [2.05, 4.69) is 0 Å². The van der Waals surface area contributed by atoms with Crippen molar-refractivity contribution < 1.29 is 26.4 Å². The molecule has 0 aliphatic heterocycles. The van der Waals surface area contributed by atoms with Gasteiger partial charge in [0.1, 0.15) is 11.3 Å². The molecular formula is C21H21F2NO4S. The standard InChI is InChI=1S/C21H21F2NO4S/c1-5-17(25)19-15-10-12(2)16(24(3)29(4,26)27)11-18(15)28-20(19)13-6-8-14(9-7-13)21(22)23/h6-11,21H,5H2,1-4H3. The van der Waals surface area contributed by atoms with Crippen LogP contribution in [0.3, 0.4) is 0 Å². The predicted octanol–water partition coefficient (Wildman–Crippen LogP) is 5.33. The molecule has 0 aliphatic rings. The van der Waals surface area contributed by atoms with E-state index in [0.29, 0.717) is 33.3 Å². The zero-order chi connectivity index (χ0) is 21.5. The Hall–Kier alpha value is -2.74. The Labute approximate surface area is 168 Å². The lowest BCUT2D eigenvalue weighted by Gasteiger charge is -2.18. The maximum Gasteiger partial charge on any atom is 0.263 e. The smallest absolute Gasteiger partial charge is 0.263 e. The number of aryl methyl sites for hydroxylation is 1. The maximum absolute atomic E-state index is 12.9. The lowest BCUT2D eigenvalue weighted by molar-refractivity contribution is 0.0989. The van der Waals surface area contributed by atoms with Crippen molar-refractivity contribution in [2.24, 2.45) is 0 Å². The largest absolute Gasteiger partial charge is 0.455 e. The zero-order valence-corrected chi connectivity index (χ0v) is 17.3. The number of ketones is 1. The first-order chi connectivity index (χ1) is 13.5. The van der Waals surface area contributed by atoms with E-state index in [1.54, 1.807) is 26.0 Å². The Kier molecular flexibility index (Phi) is 5.49. The van der Waals surface area contributed by atoms with Crippen molar-refractivity contribution in [2.45, 2.75) is 26.7 Å². The Morgan fingerprint density at radius 1 is 1.17 bits per heavy atom. The summed E-state index contributed by atoms with van der Waals surface area (Å²) in [5.41, 5.74) is 2.19. The molecule has 29 heavy (non-hydrogen) atoms. The van der Waals surface area contributed by atoms with E-state index in [1.165, 1.54) is 31.3 Å². The van der Waals surface area contributed by atoms with Crippen molar-refractivity contribution in [3.8, 4) is 11.3 Å². The van der Waals surface area contributed by atoms with Gasteiger partial charge in [-0.3, -0.25) is 9.10 Å². The molecule has 0 N–H and O–H groups in total. The number of sulfonamides is 1. The summed E-state index contributed by atoms with van der Waals surface area (Å²) >= 11 is 0. The first-order valence-electron chi connectivity index (χ1n) is 8.97. The van der Waals surface area contributed by atoms with Gasteiger partial charge in [-0.25, -0.2) is 17.2 Å². The van der Waals surface area contributed by atoms with Crippen LogP contribution in [0.4, 0.5) is 14.5 Å². The van der Waals surface area contributed by atoms with E-state index in [0.717, 1.165) is 10.6 Å². The minimum atomic E-state index is -3.48. The fourth-order valence-electron chi connectivity index (χ4n) is 3.20. The summed E-state index contributed by atoms with van der Waals surface area (Å²) in [5.74, 6) is 0.131. The number of nitrogens with zero attached hydrogens (tertiary/aromatic N) is 1. The summed E-state index contributed by atoms with van der Waals surface area (Å²) in [7, 11) is -2.04. The SMILES string of the molecule is CCC(=O)c1c(-c2ccc(C(F)F)cc2)oc2cc(N(C)S(C)(=O)=O)c(C)cc12. The van der Waals surface area contributed by atoms with Crippen molar-refractivity contribution in [3.05, 3.63) is 53.1 Å². The molecule has 8 heteroatoms. The van der Waals surface area contributed by atoms with Crippen LogP contribution < -0.4 is 4.31 Å². The van der Waals surface area contributed by atoms with E-state index in [9.17, 15) is 22.0 Å². The van der Waals surface area contributed by atoms with Gasteiger partial charge in [0.15, 0.2) is 5.78 Å². The van der Waals surface area contributed by atoms with Crippen molar-refractivity contribution in [1.82, 2.24) is 0 Å². The minimum Gasteiger partial charge on any atom is -0.455 e. The minimum absolute atomic E-state index is 0.124. The summed E-state index contributed by atoms with van der Waals surface area (Å²) in [6.45, 7) is 3.48. The third-order valence-electron chi connectivity index (χ3n) is 4.87. The molecule has 0 amide bonds. The Morgan fingerprint density at radius 3 is 2.31 bits per heavy atom. The van der Waals surface area contributed by atoms with Crippen LogP contribution in [0.15, 0.2) is 40.8 Å². The van der Waals surface area contributed by atoms with E-state index in [-0.39, 0.29) is 23.5 Å². The highest BCUT2D eigenvalue weighted by Crippen LogP contribution is 2.38. The van der Waals surface area contributed by atoms with Gasteiger partial charge in [-0.05, 0) is 18.6 Å². The molecule has 0 atom stereocenters. The molecule has 0 fully saturated rings. The van der Waals surface area contributed by atoms with Crippen molar-refractivity contribution in [2.75, 3.05) is 17.6 Å². The van der Waals surface area contributed by atoms with Crippen molar-refractivity contribution in [1.29, 1.82) is 0 Å². The monoisotopic (exact) mass is 421 g/mol. The number of anilines is 1. The second-order valence-corrected chi connectivity index (χ2v) is 8.88. The lowest BCUT2D eigenvalue weighted by atomic mass is 9.99. The summed E-state index contributed by atoms with van der Waals surface area (Å²) in [6.07, 6.45) is -1.25. The van der Waals surface area contributed by atoms with Crippen LogP contribution in [0.1, 0.15) is 41.3 Å². The van der Waals surface area contributed by atoms with Gasteiger partial charge in [0.05, 0.1) is 17.5 Å². The fourth-order valence-corrected chi connectivity index (χ4v) is 3.75. The number of carbonyl (C=O) groups excluding carboxylic acids is 1. The van der Waals surface area contributed by atoms with Crippen molar-refractivity contribution >= 4 is 32.5 Å². The molecule has 5 nitrogen and oxygen atoms in total. The van der Waals surface area contributed by atoms with E-state index >= 15 is 0 Å². The number of rotatable bonds is 6. The topological polar surface area (TPSA) is 67.6 Å². The molecule has 2 aromatic carbocycles. The molecular weight excluding hydrogens is 400 g/mol. The number of furan rings is 1.